The number of likely N-dealkylation sites (N-methyl/N-ethyl adjacent to an activating group) is 2. The van der Waals surface area contributed by atoms with E-state index in [0.29, 0.717) is 18.5 Å². The lowest BCUT2D eigenvalue weighted by molar-refractivity contribution is -0.130. The van der Waals surface area contributed by atoms with Crippen LogP contribution in [-0.2, 0) is 4.79 Å². The SMILES string of the molecule is Cc1nc(-c2cccc(C(=O)N(C)C3CCN(C)C3=O)c2)cs1. The van der Waals surface area contributed by atoms with Gasteiger partial charge < -0.3 is 9.80 Å². The van der Waals surface area contributed by atoms with Crippen LogP contribution in [0, 0.1) is 6.92 Å². The Hall–Kier alpha value is -2.21. The molecule has 120 valence electrons. The van der Waals surface area contributed by atoms with Crippen LogP contribution in [0.15, 0.2) is 29.6 Å². The maximum atomic E-state index is 12.7. The van der Waals surface area contributed by atoms with Gasteiger partial charge in [0, 0.05) is 37.1 Å². The molecule has 1 unspecified atom stereocenters. The Bertz CT molecular complexity index is 756. The third-order valence-corrected chi connectivity index (χ3v) is 4.98. The van der Waals surface area contributed by atoms with Crippen LogP contribution in [0.25, 0.3) is 11.3 Å². The molecule has 0 radical (unpaired) electrons. The van der Waals surface area contributed by atoms with Gasteiger partial charge in [-0.1, -0.05) is 12.1 Å². The summed E-state index contributed by atoms with van der Waals surface area (Å²) >= 11 is 1.58. The molecule has 0 spiro atoms. The Labute approximate surface area is 139 Å². The van der Waals surface area contributed by atoms with Gasteiger partial charge in [-0.05, 0) is 25.5 Å². The molecule has 2 heterocycles. The molecule has 0 N–H and O–H groups in total. The quantitative estimate of drug-likeness (QED) is 0.869. The van der Waals surface area contributed by atoms with E-state index in [1.54, 1.807) is 41.3 Å². The first-order valence-corrected chi connectivity index (χ1v) is 8.40. The zero-order chi connectivity index (χ0) is 16.6. The number of amides is 2. The van der Waals surface area contributed by atoms with E-state index < -0.39 is 0 Å². The van der Waals surface area contributed by atoms with Crippen LogP contribution in [0.5, 0.6) is 0 Å². The molecular weight excluding hydrogens is 310 g/mol. The fraction of sp³-hybridized carbons (Fsp3) is 0.353. The van der Waals surface area contributed by atoms with Crippen molar-refractivity contribution in [3.05, 3.63) is 40.2 Å². The van der Waals surface area contributed by atoms with Crippen LogP contribution in [0.3, 0.4) is 0 Å². The maximum Gasteiger partial charge on any atom is 0.254 e. The van der Waals surface area contributed by atoms with Gasteiger partial charge in [0.05, 0.1) is 10.7 Å². The molecule has 1 atom stereocenters. The van der Waals surface area contributed by atoms with Gasteiger partial charge in [0.15, 0.2) is 0 Å². The van der Waals surface area contributed by atoms with Crippen LogP contribution in [0.2, 0.25) is 0 Å². The number of nitrogens with zero attached hydrogens (tertiary/aromatic N) is 3. The second-order valence-electron chi connectivity index (χ2n) is 5.81. The van der Waals surface area contributed by atoms with Crippen LogP contribution in [-0.4, -0.2) is 53.3 Å². The van der Waals surface area contributed by atoms with Gasteiger partial charge in [-0.2, -0.15) is 0 Å². The number of benzene rings is 1. The predicted octanol–water partition coefficient (Wildman–Crippen LogP) is 2.42. The molecule has 3 rings (SSSR count). The van der Waals surface area contributed by atoms with E-state index in [1.165, 1.54) is 0 Å². The first kappa shape index (κ1) is 15.7. The molecule has 1 saturated heterocycles. The van der Waals surface area contributed by atoms with E-state index in [4.69, 9.17) is 0 Å². The van der Waals surface area contributed by atoms with E-state index in [0.717, 1.165) is 16.3 Å². The third kappa shape index (κ3) is 2.99. The molecular formula is C17H19N3O2S. The zero-order valence-electron chi connectivity index (χ0n) is 13.4. The van der Waals surface area contributed by atoms with E-state index in [1.807, 2.05) is 30.5 Å². The zero-order valence-corrected chi connectivity index (χ0v) is 14.3. The van der Waals surface area contributed by atoms with Crippen molar-refractivity contribution in [1.29, 1.82) is 0 Å². The lowest BCUT2D eigenvalue weighted by Gasteiger charge is -2.23. The summed E-state index contributed by atoms with van der Waals surface area (Å²) in [6.07, 6.45) is 0.683. The number of aromatic nitrogens is 1. The third-order valence-electron chi connectivity index (χ3n) is 4.21. The molecule has 6 heteroatoms. The van der Waals surface area contributed by atoms with Gasteiger partial charge in [-0.25, -0.2) is 4.98 Å². The minimum atomic E-state index is -0.363. The highest BCUT2D eigenvalue weighted by atomic mass is 32.1. The predicted molar refractivity (Wildman–Crippen MR) is 90.4 cm³/mol. The van der Waals surface area contributed by atoms with Crippen LogP contribution in [0.4, 0.5) is 0 Å². The lowest BCUT2D eigenvalue weighted by atomic mass is 10.1. The van der Waals surface area contributed by atoms with Crippen molar-refractivity contribution >= 4 is 23.2 Å². The van der Waals surface area contributed by atoms with Gasteiger partial charge in [-0.15, -0.1) is 11.3 Å². The fourth-order valence-corrected chi connectivity index (χ4v) is 3.44. The number of rotatable bonds is 3. The van der Waals surface area contributed by atoms with Crippen LogP contribution >= 0.6 is 11.3 Å². The number of hydrogen-bond acceptors (Lipinski definition) is 4. The topological polar surface area (TPSA) is 53.5 Å². The Morgan fingerprint density at radius 1 is 1.43 bits per heavy atom. The summed E-state index contributed by atoms with van der Waals surface area (Å²) in [6, 6.07) is 7.06. The molecule has 0 saturated carbocycles. The van der Waals surface area contributed by atoms with Crippen molar-refractivity contribution < 1.29 is 9.59 Å². The number of carbonyl (C=O) groups excluding carboxylic acids is 2. The summed E-state index contributed by atoms with van der Waals surface area (Å²) < 4.78 is 0. The van der Waals surface area contributed by atoms with E-state index in [9.17, 15) is 9.59 Å². The van der Waals surface area contributed by atoms with Gasteiger partial charge in [0.2, 0.25) is 5.91 Å². The van der Waals surface area contributed by atoms with Crippen molar-refractivity contribution in [2.75, 3.05) is 20.6 Å². The van der Waals surface area contributed by atoms with Gasteiger partial charge in [-0.3, -0.25) is 9.59 Å². The van der Waals surface area contributed by atoms with Crippen LogP contribution in [0.1, 0.15) is 21.8 Å². The largest absolute Gasteiger partial charge is 0.344 e. The fourth-order valence-electron chi connectivity index (χ4n) is 2.82. The number of likely N-dealkylation sites (tertiary alicyclic amines) is 1. The molecule has 2 aromatic rings. The van der Waals surface area contributed by atoms with Crippen molar-refractivity contribution in [2.24, 2.45) is 0 Å². The summed E-state index contributed by atoms with van der Waals surface area (Å²) in [7, 11) is 3.47. The minimum absolute atomic E-state index is 0.00660. The molecule has 5 nitrogen and oxygen atoms in total. The Balaban J connectivity index is 1.84. The first-order chi connectivity index (χ1) is 11.0. The number of hydrogen-bond donors (Lipinski definition) is 0. The van der Waals surface area contributed by atoms with E-state index in [-0.39, 0.29) is 17.9 Å². The minimum Gasteiger partial charge on any atom is -0.344 e. The second-order valence-corrected chi connectivity index (χ2v) is 6.88. The number of aryl methyl sites for hydroxylation is 1. The smallest absolute Gasteiger partial charge is 0.254 e. The summed E-state index contributed by atoms with van der Waals surface area (Å²) in [6.45, 7) is 2.65. The summed E-state index contributed by atoms with van der Waals surface area (Å²) in [5.74, 6) is -0.125. The summed E-state index contributed by atoms with van der Waals surface area (Å²) in [4.78, 5) is 32.5. The molecule has 1 aliphatic heterocycles. The Kier molecular flexibility index (Phi) is 4.17. The first-order valence-electron chi connectivity index (χ1n) is 7.52. The highest BCUT2D eigenvalue weighted by molar-refractivity contribution is 7.09. The molecule has 1 fully saturated rings. The summed E-state index contributed by atoms with van der Waals surface area (Å²) in [5.41, 5.74) is 2.38. The highest BCUT2D eigenvalue weighted by Gasteiger charge is 2.34. The standard InChI is InChI=1S/C17H19N3O2S/c1-11-18-14(10-23-11)12-5-4-6-13(9-12)16(21)20(3)15-7-8-19(2)17(15)22/h4-6,9-10,15H,7-8H2,1-3H3. The van der Waals surface area contributed by atoms with E-state index >= 15 is 0 Å². The molecule has 2 amide bonds. The Morgan fingerprint density at radius 2 is 2.22 bits per heavy atom. The van der Waals surface area contributed by atoms with E-state index in [2.05, 4.69) is 4.98 Å². The van der Waals surface area contributed by atoms with Gasteiger partial charge >= 0.3 is 0 Å². The number of carbonyl (C=O) groups is 2. The van der Waals surface area contributed by atoms with Crippen LogP contribution < -0.4 is 0 Å². The molecule has 0 aliphatic carbocycles. The molecule has 1 aromatic carbocycles. The molecule has 23 heavy (non-hydrogen) atoms. The van der Waals surface area contributed by atoms with Crippen molar-refractivity contribution in [1.82, 2.24) is 14.8 Å². The lowest BCUT2D eigenvalue weighted by Crippen LogP contribution is -2.42. The Morgan fingerprint density at radius 3 is 2.83 bits per heavy atom. The van der Waals surface area contributed by atoms with Crippen molar-refractivity contribution in [2.45, 2.75) is 19.4 Å². The average molecular weight is 329 g/mol. The maximum absolute atomic E-state index is 12.7. The van der Waals surface area contributed by atoms with Crippen molar-refractivity contribution in [3.8, 4) is 11.3 Å². The molecule has 0 bridgehead atoms. The van der Waals surface area contributed by atoms with Gasteiger partial charge in [0.1, 0.15) is 6.04 Å². The number of thiazole rings is 1. The normalized spacial score (nSPS) is 17.6. The summed E-state index contributed by atoms with van der Waals surface area (Å²) in [5, 5.41) is 2.98. The monoisotopic (exact) mass is 329 g/mol. The highest BCUT2D eigenvalue weighted by Crippen LogP contribution is 2.24. The molecule has 1 aliphatic rings. The molecule has 1 aromatic heterocycles. The second kappa shape index (κ2) is 6.12. The van der Waals surface area contributed by atoms with Gasteiger partial charge in [0.25, 0.3) is 5.91 Å². The average Bonchev–Trinajstić information content (AvgIpc) is 3.13. The van der Waals surface area contributed by atoms with Crippen molar-refractivity contribution in [3.63, 3.8) is 0 Å².